The summed E-state index contributed by atoms with van der Waals surface area (Å²) in [5, 5.41) is 0. The van der Waals surface area contributed by atoms with E-state index in [9.17, 15) is 0 Å². The molecule has 0 atom stereocenters. The number of rotatable bonds is 1. The topological polar surface area (TPSA) is 39.4 Å². The first-order valence-electron chi connectivity index (χ1n) is 4.07. The minimum Gasteiger partial charge on any atom is -0.493 e. The Kier molecular flexibility index (Phi) is 1.69. The van der Waals surface area contributed by atoms with Crippen LogP contribution < -0.4 is 4.74 Å². The molecule has 0 spiro atoms. The van der Waals surface area contributed by atoms with Gasteiger partial charge in [0.2, 0.25) is 0 Å². The number of nitrogens with zero attached hydrogens (tertiary/aromatic N) is 3. The van der Waals surface area contributed by atoms with E-state index in [0.717, 1.165) is 22.9 Å². The van der Waals surface area contributed by atoms with Crippen LogP contribution in [0.5, 0.6) is 5.75 Å². The average molecular weight is 177 g/mol. The summed E-state index contributed by atoms with van der Waals surface area (Å²) < 4.78 is 7.16. The summed E-state index contributed by atoms with van der Waals surface area (Å²) in [6, 6.07) is 1.96. The van der Waals surface area contributed by atoms with E-state index in [1.54, 1.807) is 13.4 Å². The molecule has 0 radical (unpaired) electrons. The van der Waals surface area contributed by atoms with Gasteiger partial charge in [-0.1, -0.05) is 0 Å². The van der Waals surface area contributed by atoms with Gasteiger partial charge in [-0.3, -0.25) is 4.40 Å². The summed E-state index contributed by atoms with van der Waals surface area (Å²) in [5.74, 6) is 1.72. The molecule has 0 saturated carbocycles. The molecule has 0 aliphatic rings. The summed E-state index contributed by atoms with van der Waals surface area (Å²) in [6.07, 6.45) is 1.55. The first-order valence-corrected chi connectivity index (χ1v) is 4.07. The van der Waals surface area contributed by atoms with Gasteiger partial charge in [-0.2, -0.15) is 0 Å². The van der Waals surface area contributed by atoms with E-state index in [1.807, 2.05) is 24.3 Å². The predicted molar refractivity (Wildman–Crippen MR) is 49.0 cm³/mol. The molecule has 0 aliphatic heterocycles. The van der Waals surface area contributed by atoms with Crippen molar-refractivity contribution in [2.45, 2.75) is 13.8 Å². The van der Waals surface area contributed by atoms with Gasteiger partial charge in [0.25, 0.3) is 0 Å². The van der Waals surface area contributed by atoms with Gasteiger partial charge in [0.15, 0.2) is 11.4 Å². The second-order valence-electron chi connectivity index (χ2n) is 2.93. The molecule has 2 rings (SSSR count). The number of methoxy groups -OCH3 is 1. The van der Waals surface area contributed by atoms with E-state index in [-0.39, 0.29) is 0 Å². The molecule has 68 valence electrons. The summed E-state index contributed by atoms with van der Waals surface area (Å²) in [7, 11) is 1.65. The zero-order chi connectivity index (χ0) is 9.42. The van der Waals surface area contributed by atoms with Gasteiger partial charge in [0, 0.05) is 11.8 Å². The molecule has 2 aromatic rings. The van der Waals surface area contributed by atoms with Gasteiger partial charge in [0.05, 0.1) is 7.11 Å². The highest BCUT2D eigenvalue weighted by atomic mass is 16.5. The van der Waals surface area contributed by atoms with Crippen LogP contribution in [0.4, 0.5) is 0 Å². The maximum atomic E-state index is 5.19. The Bertz CT molecular complexity index is 447. The van der Waals surface area contributed by atoms with E-state index in [2.05, 4.69) is 9.97 Å². The van der Waals surface area contributed by atoms with Crippen molar-refractivity contribution in [3.05, 3.63) is 23.9 Å². The number of fused-ring (bicyclic) bond motifs is 1. The summed E-state index contributed by atoms with van der Waals surface area (Å²) in [6.45, 7) is 3.95. The summed E-state index contributed by atoms with van der Waals surface area (Å²) >= 11 is 0. The molecule has 0 fully saturated rings. The second kappa shape index (κ2) is 2.73. The van der Waals surface area contributed by atoms with Crippen LogP contribution in [0.15, 0.2) is 12.4 Å². The second-order valence-corrected chi connectivity index (χ2v) is 2.93. The van der Waals surface area contributed by atoms with Crippen LogP contribution in [0.3, 0.4) is 0 Å². The molecule has 2 heterocycles. The van der Waals surface area contributed by atoms with Gasteiger partial charge in [-0.25, -0.2) is 9.97 Å². The Labute approximate surface area is 76.2 Å². The lowest BCUT2D eigenvalue weighted by Gasteiger charge is -2.00. The van der Waals surface area contributed by atoms with Crippen molar-refractivity contribution in [1.82, 2.24) is 14.4 Å². The Morgan fingerprint density at radius 2 is 2.08 bits per heavy atom. The van der Waals surface area contributed by atoms with E-state index >= 15 is 0 Å². The van der Waals surface area contributed by atoms with Gasteiger partial charge >= 0.3 is 0 Å². The number of ether oxygens (including phenoxy) is 1. The first-order chi connectivity index (χ1) is 6.24. The lowest BCUT2D eigenvalue weighted by atomic mass is 10.5. The molecule has 0 N–H and O–H groups in total. The van der Waals surface area contributed by atoms with E-state index in [1.165, 1.54) is 0 Å². The van der Waals surface area contributed by atoms with Crippen molar-refractivity contribution >= 4 is 5.65 Å². The van der Waals surface area contributed by atoms with E-state index in [0.29, 0.717) is 0 Å². The molecular weight excluding hydrogens is 166 g/mol. The lowest BCUT2D eigenvalue weighted by molar-refractivity contribution is 0.419. The van der Waals surface area contributed by atoms with Crippen molar-refractivity contribution in [3.63, 3.8) is 0 Å². The fourth-order valence-electron chi connectivity index (χ4n) is 1.50. The van der Waals surface area contributed by atoms with Crippen LogP contribution in [0.2, 0.25) is 0 Å². The molecule has 4 nitrogen and oxygen atoms in total. The number of hydrogen-bond donors (Lipinski definition) is 0. The zero-order valence-electron chi connectivity index (χ0n) is 7.90. The maximum Gasteiger partial charge on any atom is 0.182 e. The SMILES string of the molecule is COc1cc(C)n2c(C)ncnc12. The van der Waals surface area contributed by atoms with Crippen molar-refractivity contribution in [2.24, 2.45) is 0 Å². The molecule has 0 saturated heterocycles. The fraction of sp³-hybridized carbons (Fsp3) is 0.333. The molecule has 13 heavy (non-hydrogen) atoms. The van der Waals surface area contributed by atoms with E-state index in [4.69, 9.17) is 4.74 Å². The van der Waals surface area contributed by atoms with Crippen molar-refractivity contribution < 1.29 is 4.74 Å². The van der Waals surface area contributed by atoms with Crippen LogP contribution >= 0.6 is 0 Å². The van der Waals surface area contributed by atoms with Crippen molar-refractivity contribution in [2.75, 3.05) is 7.11 Å². The van der Waals surface area contributed by atoms with Crippen LogP contribution in [0.1, 0.15) is 11.5 Å². The predicted octanol–water partition coefficient (Wildman–Crippen LogP) is 1.35. The van der Waals surface area contributed by atoms with Crippen molar-refractivity contribution in [1.29, 1.82) is 0 Å². The monoisotopic (exact) mass is 177 g/mol. The summed E-state index contributed by atoms with van der Waals surface area (Å²) in [4.78, 5) is 8.27. The molecule has 0 aliphatic carbocycles. The Hall–Kier alpha value is -1.58. The van der Waals surface area contributed by atoms with Gasteiger partial charge in [0.1, 0.15) is 12.2 Å². The van der Waals surface area contributed by atoms with Crippen molar-refractivity contribution in [3.8, 4) is 5.75 Å². The fourth-order valence-corrected chi connectivity index (χ4v) is 1.50. The number of aryl methyl sites for hydroxylation is 2. The zero-order valence-corrected chi connectivity index (χ0v) is 7.90. The normalized spacial score (nSPS) is 10.7. The molecule has 2 aromatic heterocycles. The Morgan fingerprint density at radius 3 is 2.77 bits per heavy atom. The smallest absolute Gasteiger partial charge is 0.182 e. The van der Waals surface area contributed by atoms with Crippen LogP contribution in [-0.4, -0.2) is 21.5 Å². The maximum absolute atomic E-state index is 5.19. The molecule has 0 unspecified atom stereocenters. The molecule has 0 amide bonds. The first kappa shape index (κ1) is 8.04. The highest BCUT2D eigenvalue weighted by Crippen LogP contribution is 2.22. The Balaban J connectivity index is 2.87. The Morgan fingerprint density at radius 1 is 1.31 bits per heavy atom. The summed E-state index contributed by atoms with van der Waals surface area (Å²) in [5.41, 5.74) is 1.91. The largest absolute Gasteiger partial charge is 0.493 e. The van der Waals surface area contributed by atoms with Crippen LogP contribution in [0.25, 0.3) is 5.65 Å². The lowest BCUT2D eigenvalue weighted by Crippen LogP contribution is -1.98. The third-order valence-corrected chi connectivity index (χ3v) is 2.09. The minimum atomic E-state index is 0.794. The van der Waals surface area contributed by atoms with Gasteiger partial charge in [-0.05, 0) is 13.8 Å². The molecule has 4 heteroatoms. The van der Waals surface area contributed by atoms with E-state index < -0.39 is 0 Å². The third kappa shape index (κ3) is 1.06. The number of hydrogen-bond acceptors (Lipinski definition) is 3. The molecular formula is C9H11N3O. The molecule has 0 aromatic carbocycles. The minimum absolute atomic E-state index is 0.794. The number of aromatic nitrogens is 3. The highest BCUT2D eigenvalue weighted by molar-refractivity contribution is 5.56. The van der Waals surface area contributed by atoms with Crippen LogP contribution in [-0.2, 0) is 0 Å². The average Bonchev–Trinajstić information content (AvgIpc) is 2.44. The third-order valence-electron chi connectivity index (χ3n) is 2.09. The molecule has 0 bridgehead atoms. The van der Waals surface area contributed by atoms with Gasteiger partial charge < -0.3 is 4.74 Å². The quantitative estimate of drug-likeness (QED) is 0.660. The highest BCUT2D eigenvalue weighted by Gasteiger charge is 2.08. The van der Waals surface area contributed by atoms with Crippen LogP contribution in [0, 0.1) is 13.8 Å². The van der Waals surface area contributed by atoms with Gasteiger partial charge in [-0.15, -0.1) is 0 Å². The standard InChI is InChI=1S/C9H11N3O/c1-6-4-8(13-3)9-11-5-10-7(2)12(6)9/h4-5H,1-3H3.